The first-order valence-electron chi connectivity index (χ1n) is 6.75. The second-order valence-corrected chi connectivity index (χ2v) is 6.08. The van der Waals surface area contributed by atoms with Crippen molar-refractivity contribution in [1.29, 1.82) is 0 Å². The lowest BCUT2D eigenvalue weighted by Gasteiger charge is -2.25. The molecule has 1 aliphatic carbocycles. The number of nitrogens with one attached hydrogen (secondary N) is 2. The van der Waals surface area contributed by atoms with E-state index in [0.717, 1.165) is 12.8 Å². The zero-order valence-electron chi connectivity index (χ0n) is 12.0. The second-order valence-electron chi connectivity index (χ2n) is 6.08. The SMILES string of the molecule is CC(C)(CNC(=O)NCC1(C(=O)O)CCCC1)C(N)=O. The molecule has 5 N–H and O–H groups in total. The van der Waals surface area contributed by atoms with Gasteiger partial charge in [-0.3, -0.25) is 9.59 Å². The molecule has 0 aromatic rings. The molecule has 7 nitrogen and oxygen atoms in total. The minimum absolute atomic E-state index is 0.102. The highest BCUT2D eigenvalue weighted by Crippen LogP contribution is 2.37. The maximum atomic E-state index is 11.7. The van der Waals surface area contributed by atoms with Crippen molar-refractivity contribution in [1.82, 2.24) is 10.6 Å². The molecular formula is C13H23N3O4. The van der Waals surface area contributed by atoms with Gasteiger partial charge in [-0.1, -0.05) is 12.8 Å². The van der Waals surface area contributed by atoms with Crippen LogP contribution in [0.5, 0.6) is 0 Å². The van der Waals surface area contributed by atoms with Crippen molar-refractivity contribution >= 4 is 17.9 Å². The molecule has 0 unspecified atom stereocenters. The van der Waals surface area contributed by atoms with Gasteiger partial charge in [0.15, 0.2) is 0 Å². The Hall–Kier alpha value is -1.79. The third-order valence-corrected chi connectivity index (χ3v) is 3.96. The summed E-state index contributed by atoms with van der Waals surface area (Å²) in [5, 5.41) is 14.4. The third-order valence-electron chi connectivity index (χ3n) is 3.96. The van der Waals surface area contributed by atoms with Crippen LogP contribution in [0.2, 0.25) is 0 Å². The van der Waals surface area contributed by atoms with Gasteiger partial charge in [0, 0.05) is 13.1 Å². The van der Waals surface area contributed by atoms with E-state index in [1.165, 1.54) is 0 Å². The van der Waals surface area contributed by atoms with E-state index < -0.39 is 28.7 Å². The molecule has 0 saturated heterocycles. The Balaban J connectivity index is 2.43. The fourth-order valence-corrected chi connectivity index (χ4v) is 2.22. The number of hydrogen-bond acceptors (Lipinski definition) is 3. The molecule has 0 bridgehead atoms. The number of nitrogens with two attached hydrogens (primary N) is 1. The van der Waals surface area contributed by atoms with Crippen LogP contribution in [0.3, 0.4) is 0 Å². The Kier molecular flexibility index (Phi) is 4.97. The molecule has 20 heavy (non-hydrogen) atoms. The van der Waals surface area contributed by atoms with Gasteiger partial charge in [-0.2, -0.15) is 0 Å². The Bertz CT molecular complexity index is 400. The smallest absolute Gasteiger partial charge is 0.314 e. The van der Waals surface area contributed by atoms with E-state index in [0.29, 0.717) is 12.8 Å². The van der Waals surface area contributed by atoms with Gasteiger partial charge in [-0.25, -0.2) is 4.79 Å². The topological polar surface area (TPSA) is 122 Å². The first-order chi connectivity index (χ1) is 9.19. The Morgan fingerprint density at radius 3 is 2.20 bits per heavy atom. The summed E-state index contributed by atoms with van der Waals surface area (Å²) in [5.41, 5.74) is 3.51. The average molecular weight is 285 g/mol. The first kappa shape index (κ1) is 16.3. The van der Waals surface area contributed by atoms with E-state index >= 15 is 0 Å². The summed E-state index contributed by atoms with van der Waals surface area (Å²) in [7, 11) is 0. The van der Waals surface area contributed by atoms with E-state index in [2.05, 4.69) is 10.6 Å². The molecule has 7 heteroatoms. The molecule has 0 aromatic heterocycles. The monoisotopic (exact) mass is 285 g/mol. The zero-order valence-corrected chi connectivity index (χ0v) is 12.0. The molecule has 0 radical (unpaired) electrons. The average Bonchev–Trinajstić information content (AvgIpc) is 2.84. The summed E-state index contributed by atoms with van der Waals surface area (Å²) >= 11 is 0. The number of carboxylic acids is 1. The number of primary amides is 1. The van der Waals surface area contributed by atoms with Crippen molar-refractivity contribution in [3.8, 4) is 0 Å². The van der Waals surface area contributed by atoms with Crippen LogP contribution in [0.1, 0.15) is 39.5 Å². The van der Waals surface area contributed by atoms with Gasteiger partial charge in [-0.15, -0.1) is 0 Å². The first-order valence-corrected chi connectivity index (χ1v) is 6.75. The van der Waals surface area contributed by atoms with Crippen LogP contribution >= 0.6 is 0 Å². The molecule has 0 aromatic carbocycles. The second kappa shape index (κ2) is 6.11. The Morgan fingerprint density at radius 2 is 1.75 bits per heavy atom. The van der Waals surface area contributed by atoms with E-state index in [-0.39, 0.29) is 13.1 Å². The minimum atomic E-state index is -0.868. The molecule has 1 aliphatic rings. The third kappa shape index (κ3) is 3.85. The van der Waals surface area contributed by atoms with Crippen LogP contribution in [0.4, 0.5) is 4.79 Å². The van der Waals surface area contributed by atoms with Crippen molar-refractivity contribution < 1.29 is 19.5 Å². The molecule has 0 aliphatic heterocycles. The van der Waals surface area contributed by atoms with Crippen molar-refractivity contribution in [3.63, 3.8) is 0 Å². The standard InChI is InChI=1S/C13H23N3O4/c1-12(2,9(14)17)7-15-11(20)16-8-13(10(18)19)5-3-4-6-13/h3-8H2,1-2H3,(H2,14,17)(H,18,19)(H2,15,16,20). The lowest BCUT2D eigenvalue weighted by atomic mass is 9.86. The van der Waals surface area contributed by atoms with Crippen molar-refractivity contribution in [3.05, 3.63) is 0 Å². The van der Waals surface area contributed by atoms with Gasteiger partial charge in [-0.05, 0) is 26.7 Å². The number of carbonyl (C=O) groups excluding carboxylic acids is 2. The number of carboxylic acid groups (broad SMARTS) is 1. The van der Waals surface area contributed by atoms with Gasteiger partial charge < -0.3 is 21.5 Å². The highest BCUT2D eigenvalue weighted by molar-refractivity contribution is 5.82. The number of carbonyl (C=O) groups is 3. The molecule has 0 atom stereocenters. The molecule has 1 saturated carbocycles. The van der Waals surface area contributed by atoms with Crippen LogP contribution in [0.15, 0.2) is 0 Å². The number of urea groups is 1. The highest BCUT2D eigenvalue weighted by Gasteiger charge is 2.41. The number of rotatable bonds is 6. The van der Waals surface area contributed by atoms with Crippen LogP contribution < -0.4 is 16.4 Å². The minimum Gasteiger partial charge on any atom is -0.481 e. The van der Waals surface area contributed by atoms with Crippen LogP contribution in [0, 0.1) is 10.8 Å². The fraction of sp³-hybridized carbons (Fsp3) is 0.769. The quantitative estimate of drug-likeness (QED) is 0.565. The predicted octanol–water partition coefficient (Wildman–Crippen LogP) is 0.442. The van der Waals surface area contributed by atoms with Crippen molar-refractivity contribution in [2.75, 3.05) is 13.1 Å². The van der Waals surface area contributed by atoms with E-state index in [4.69, 9.17) is 5.73 Å². The number of aliphatic carboxylic acids is 1. The number of hydrogen-bond donors (Lipinski definition) is 4. The molecule has 3 amide bonds. The maximum absolute atomic E-state index is 11.7. The van der Waals surface area contributed by atoms with Gasteiger partial charge in [0.1, 0.15) is 0 Å². The summed E-state index contributed by atoms with van der Waals surface area (Å²) in [5.74, 6) is -1.37. The highest BCUT2D eigenvalue weighted by atomic mass is 16.4. The Labute approximate surface area is 118 Å². The zero-order chi connectivity index (χ0) is 15.4. The molecule has 1 rings (SSSR count). The predicted molar refractivity (Wildman–Crippen MR) is 72.9 cm³/mol. The normalized spacial score (nSPS) is 17.5. The van der Waals surface area contributed by atoms with Gasteiger partial charge in [0.25, 0.3) is 0 Å². The lowest BCUT2D eigenvalue weighted by molar-refractivity contribution is -0.148. The molecule has 1 fully saturated rings. The molecule has 0 heterocycles. The van der Waals surface area contributed by atoms with Gasteiger partial charge in [0.05, 0.1) is 10.8 Å². The van der Waals surface area contributed by atoms with Gasteiger partial charge in [0.2, 0.25) is 5.91 Å². The van der Waals surface area contributed by atoms with E-state index in [1.807, 2.05) is 0 Å². The summed E-state index contributed by atoms with van der Waals surface area (Å²) in [4.78, 5) is 34.1. The summed E-state index contributed by atoms with van der Waals surface area (Å²) in [6.07, 6.45) is 2.89. The summed E-state index contributed by atoms with van der Waals surface area (Å²) in [6.45, 7) is 3.47. The number of amides is 3. The van der Waals surface area contributed by atoms with Crippen molar-refractivity contribution in [2.45, 2.75) is 39.5 Å². The van der Waals surface area contributed by atoms with E-state index in [1.54, 1.807) is 13.8 Å². The molecular weight excluding hydrogens is 262 g/mol. The van der Waals surface area contributed by atoms with Crippen molar-refractivity contribution in [2.24, 2.45) is 16.6 Å². The van der Waals surface area contributed by atoms with Crippen LogP contribution in [-0.2, 0) is 9.59 Å². The van der Waals surface area contributed by atoms with Crippen LogP contribution in [-0.4, -0.2) is 36.1 Å². The largest absolute Gasteiger partial charge is 0.481 e. The maximum Gasteiger partial charge on any atom is 0.314 e. The van der Waals surface area contributed by atoms with E-state index in [9.17, 15) is 19.5 Å². The lowest BCUT2D eigenvalue weighted by Crippen LogP contribution is -2.48. The summed E-state index contributed by atoms with van der Waals surface area (Å²) < 4.78 is 0. The summed E-state index contributed by atoms with van der Waals surface area (Å²) in [6, 6.07) is -0.480. The molecule has 0 spiro atoms. The Morgan fingerprint density at radius 1 is 1.20 bits per heavy atom. The molecule has 114 valence electrons. The fourth-order valence-electron chi connectivity index (χ4n) is 2.22. The van der Waals surface area contributed by atoms with Crippen LogP contribution in [0.25, 0.3) is 0 Å². The van der Waals surface area contributed by atoms with Gasteiger partial charge >= 0.3 is 12.0 Å².